The van der Waals surface area contributed by atoms with E-state index in [4.69, 9.17) is 9.47 Å². The number of para-hydroxylation sites is 1. The monoisotopic (exact) mass is 366 g/mol. The van der Waals surface area contributed by atoms with Crippen molar-refractivity contribution >= 4 is 28.5 Å². The SMILES string of the molecule is COc1ccc2c(c1)c(OC(C)=O)c(C(=O)Nc1ccccc1)c(=O)n2C. The molecule has 3 rings (SSSR count). The number of amides is 1. The fraction of sp³-hybridized carbons (Fsp3) is 0.150. The van der Waals surface area contributed by atoms with Gasteiger partial charge in [-0.25, -0.2) is 0 Å². The van der Waals surface area contributed by atoms with Gasteiger partial charge in [0.25, 0.3) is 11.5 Å². The molecular formula is C20H18N2O5. The highest BCUT2D eigenvalue weighted by Crippen LogP contribution is 2.31. The summed E-state index contributed by atoms with van der Waals surface area (Å²) in [6.45, 7) is 1.21. The topological polar surface area (TPSA) is 86.6 Å². The molecule has 0 bridgehead atoms. The van der Waals surface area contributed by atoms with E-state index in [-0.39, 0.29) is 11.3 Å². The third kappa shape index (κ3) is 3.52. The lowest BCUT2D eigenvalue weighted by molar-refractivity contribution is -0.131. The number of hydrogen-bond acceptors (Lipinski definition) is 5. The third-order valence-electron chi connectivity index (χ3n) is 4.06. The van der Waals surface area contributed by atoms with Crippen LogP contribution in [0, 0.1) is 0 Å². The molecule has 0 aliphatic rings. The third-order valence-corrected chi connectivity index (χ3v) is 4.06. The van der Waals surface area contributed by atoms with Gasteiger partial charge in [-0.2, -0.15) is 0 Å². The average Bonchev–Trinajstić information content (AvgIpc) is 2.66. The first kappa shape index (κ1) is 18.2. The van der Waals surface area contributed by atoms with Crippen molar-refractivity contribution in [2.75, 3.05) is 12.4 Å². The van der Waals surface area contributed by atoms with Crippen molar-refractivity contribution in [2.45, 2.75) is 6.92 Å². The summed E-state index contributed by atoms with van der Waals surface area (Å²) in [5, 5.41) is 3.08. The number of hydrogen-bond donors (Lipinski definition) is 1. The number of anilines is 1. The minimum absolute atomic E-state index is 0.0899. The van der Waals surface area contributed by atoms with Gasteiger partial charge in [-0.1, -0.05) is 18.2 Å². The van der Waals surface area contributed by atoms with Crippen LogP contribution in [0.2, 0.25) is 0 Å². The van der Waals surface area contributed by atoms with Gasteiger partial charge < -0.3 is 19.4 Å². The number of benzene rings is 2. The minimum Gasteiger partial charge on any atom is -0.497 e. The molecule has 0 aliphatic heterocycles. The lowest BCUT2D eigenvalue weighted by Gasteiger charge is -2.15. The number of carbonyl (C=O) groups excluding carboxylic acids is 2. The predicted molar refractivity (Wildman–Crippen MR) is 101 cm³/mol. The number of carbonyl (C=O) groups is 2. The summed E-state index contributed by atoms with van der Waals surface area (Å²) in [6.07, 6.45) is 0. The molecule has 0 atom stereocenters. The molecule has 0 spiro atoms. The molecule has 3 aromatic rings. The van der Waals surface area contributed by atoms with Crippen LogP contribution in [0.5, 0.6) is 11.5 Å². The molecule has 0 radical (unpaired) electrons. The number of pyridine rings is 1. The van der Waals surface area contributed by atoms with Gasteiger partial charge in [0, 0.05) is 25.0 Å². The fourth-order valence-corrected chi connectivity index (χ4v) is 2.79. The Balaban J connectivity index is 2.26. The standard InChI is InChI=1S/C20H18N2O5/c1-12(23)27-18-15-11-14(26-3)9-10-16(15)22(2)20(25)17(18)19(24)21-13-7-5-4-6-8-13/h4-11H,1-3H3,(H,21,24). The minimum atomic E-state index is -0.664. The zero-order valence-corrected chi connectivity index (χ0v) is 15.1. The zero-order valence-electron chi connectivity index (χ0n) is 15.1. The van der Waals surface area contributed by atoms with Gasteiger partial charge in [0.15, 0.2) is 5.75 Å². The van der Waals surface area contributed by atoms with Gasteiger partial charge in [-0.3, -0.25) is 14.4 Å². The Morgan fingerprint density at radius 2 is 1.78 bits per heavy atom. The van der Waals surface area contributed by atoms with E-state index in [1.165, 1.54) is 18.6 Å². The predicted octanol–water partition coefficient (Wildman–Crippen LogP) is 2.72. The first-order valence-electron chi connectivity index (χ1n) is 8.18. The van der Waals surface area contributed by atoms with Gasteiger partial charge in [-0.05, 0) is 30.3 Å². The normalized spacial score (nSPS) is 10.5. The summed E-state index contributed by atoms with van der Waals surface area (Å²) in [6, 6.07) is 13.7. The summed E-state index contributed by atoms with van der Waals surface area (Å²) in [5.74, 6) is -0.888. The number of aromatic nitrogens is 1. The quantitative estimate of drug-likeness (QED) is 0.718. The van der Waals surface area contributed by atoms with Crippen molar-refractivity contribution in [1.82, 2.24) is 4.57 Å². The number of fused-ring (bicyclic) bond motifs is 1. The molecule has 1 N–H and O–H groups in total. The Morgan fingerprint density at radius 1 is 1.07 bits per heavy atom. The summed E-state index contributed by atoms with van der Waals surface area (Å²) in [5.41, 5.74) is 0.201. The van der Waals surface area contributed by atoms with Crippen LogP contribution in [0.4, 0.5) is 5.69 Å². The highest BCUT2D eigenvalue weighted by molar-refractivity contribution is 6.10. The van der Waals surface area contributed by atoms with Crippen molar-refractivity contribution < 1.29 is 19.1 Å². The van der Waals surface area contributed by atoms with Crippen LogP contribution in [-0.2, 0) is 11.8 Å². The summed E-state index contributed by atoms with van der Waals surface area (Å²) in [4.78, 5) is 37.3. The molecule has 0 saturated heterocycles. The Morgan fingerprint density at radius 3 is 2.41 bits per heavy atom. The van der Waals surface area contributed by atoms with Crippen molar-refractivity contribution in [2.24, 2.45) is 7.05 Å². The number of esters is 1. The van der Waals surface area contributed by atoms with E-state index in [0.717, 1.165) is 0 Å². The molecule has 0 aliphatic carbocycles. The number of methoxy groups -OCH3 is 1. The maximum atomic E-state index is 12.9. The number of nitrogens with one attached hydrogen (secondary N) is 1. The lowest BCUT2D eigenvalue weighted by Crippen LogP contribution is -2.29. The molecule has 1 aromatic heterocycles. The van der Waals surface area contributed by atoms with Gasteiger partial charge in [-0.15, -0.1) is 0 Å². The Kier molecular flexibility index (Phi) is 4.94. The molecule has 0 fully saturated rings. The molecule has 0 unspecified atom stereocenters. The fourth-order valence-electron chi connectivity index (χ4n) is 2.79. The molecule has 1 heterocycles. The first-order valence-corrected chi connectivity index (χ1v) is 8.18. The van der Waals surface area contributed by atoms with Gasteiger partial charge in [0.05, 0.1) is 12.6 Å². The van der Waals surface area contributed by atoms with E-state index in [1.807, 2.05) is 0 Å². The van der Waals surface area contributed by atoms with E-state index in [0.29, 0.717) is 22.3 Å². The van der Waals surface area contributed by atoms with Crippen LogP contribution < -0.4 is 20.3 Å². The van der Waals surface area contributed by atoms with Crippen LogP contribution in [0.25, 0.3) is 10.9 Å². The maximum absolute atomic E-state index is 12.9. The van der Waals surface area contributed by atoms with Crippen LogP contribution in [-0.4, -0.2) is 23.6 Å². The van der Waals surface area contributed by atoms with E-state index in [1.54, 1.807) is 55.6 Å². The van der Waals surface area contributed by atoms with Crippen LogP contribution in [0.1, 0.15) is 17.3 Å². The second-order valence-corrected chi connectivity index (χ2v) is 5.87. The second-order valence-electron chi connectivity index (χ2n) is 5.87. The van der Waals surface area contributed by atoms with E-state index < -0.39 is 17.4 Å². The van der Waals surface area contributed by atoms with Crippen LogP contribution in [0.3, 0.4) is 0 Å². The molecule has 1 amide bonds. The van der Waals surface area contributed by atoms with Gasteiger partial charge in [0.1, 0.15) is 11.3 Å². The molecule has 7 heteroatoms. The zero-order chi connectivity index (χ0) is 19.6. The second kappa shape index (κ2) is 7.33. The highest BCUT2D eigenvalue weighted by Gasteiger charge is 2.24. The van der Waals surface area contributed by atoms with Crippen molar-refractivity contribution in [3.8, 4) is 11.5 Å². The van der Waals surface area contributed by atoms with Crippen molar-refractivity contribution in [1.29, 1.82) is 0 Å². The number of rotatable bonds is 4. The smallest absolute Gasteiger partial charge is 0.308 e. The highest BCUT2D eigenvalue weighted by atomic mass is 16.5. The largest absolute Gasteiger partial charge is 0.497 e. The molecule has 2 aromatic carbocycles. The average molecular weight is 366 g/mol. The van der Waals surface area contributed by atoms with Crippen LogP contribution in [0.15, 0.2) is 53.3 Å². The Hall–Kier alpha value is -3.61. The van der Waals surface area contributed by atoms with E-state index in [2.05, 4.69) is 5.32 Å². The number of ether oxygens (including phenoxy) is 2. The first-order chi connectivity index (χ1) is 12.9. The molecule has 138 valence electrons. The molecular weight excluding hydrogens is 348 g/mol. The number of aryl methyl sites for hydroxylation is 1. The summed E-state index contributed by atoms with van der Waals surface area (Å²) in [7, 11) is 3.05. The Labute approximate surface area is 155 Å². The summed E-state index contributed by atoms with van der Waals surface area (Å²) >= 11 is 0. The molecule has 7 nitrogen and oxygen atoms in total. The van der Waals surface area contributed by atoms with Crippen LogP contribution >= 0.6 is 0 Å². The summed E-state index contributed by atoms with van der Waals surface area (Å²) < 4.78 is 11.8. The molecule has 0 saturated carbocycles. The van der Waals surface area contributed by atoms with Gasteiger partial charge in [0.2, 0.25) is 0 Å². The Bertz CT molecular complexity index is 1090. The van der Waals surface area contributed by atoms with Crippen molar-refractivity contribution in [3.05, 3.63) is 64.4 Å². The maximum Gasteiger partial charge on any atom is 0.308 e. The van der Waals surface area contributed by atoms with E-state index in [9.17, 15) is 14.4 Å². The van der Waals surface area contributed by atoms with Crippen molar-refractivity contribution in [3.63, 3.8) is 0 Å². The lowest BCUT2D eigenvalue weighted by atomic mass is 10.1. The molecule has 27 heavy (non-hydrogen) atoms. The van der Waals surface area contributed by atoms with E-state index >= 15 is 0 Å². The van der Waals surface area contributed by atoms with Gasteiger partial charge >= 0.3 is 5.97 Å². The number of nitrogens with zero attached hydrogens (tertiary/aromatic N) is 1.